The minimum Gasteiger partial charge on any atom is -0.356 e. The summed E-state index contributed by atoms with van der Waals surface area (Å²) in [5, 5.41) is 10.5. The predicted molar refractivity (Wildman–Crippen MR) is 115 cm³/mol. The highest BCUT2D eigenvalue weighted by atomic mass is 16.5. The zero-order valence-corrected chi connectivity index (χ0v) is 18.8. The molecule has 0 saturated heterocycles. The maximum atomic E-state index is 13.1. The third-order valence-corrected chi connectivity index (χ3v) is 8.43. The Balaban J connectivity index is 1.11. The van der Waals surface area contributed by atoms with E-state index in [4.69, 9.17) is 4.52 Å². The van der Waals surface area contributed by atoms with Crippen LogP contribution >= 0.6 is 0 Å². The van der Waals surface area contributed by atoms with Crippen LogP contribution in [0.3, 0.4) is 0 Å². The SMILES string of the molecule is Cc1nc(C2(NC(=O)CCCNC(=O)C34CC5CC(CC(C5)C3)C4)CCCCC2)no1. The molecule has 1 heterocycles. The Labute approximate surface area is 184 Å². The van der Waals surface area contributed by atoms with Crippen LogP contribution in [0.1, 0.15) is 95.2 Å². The van der Waals surface area contributed by atoms with Gasteiger partial charge in [0.05, 0.1) is 0 Å². The molecular weight excluding hydrogens is 392 g/mol. The van der Waals surface area contributed by atoms with Crippen LogP contribution in [0.25, 0.3) is 0 Å². The highest BCUT2D eigenvalue weighted by Gasteiger charge is 2.54. The first-order valence-corrected chi connectivity index (χ1v) is 12.4. The van der Waals surface area contributed by atoms with Crippen molar-refractivity contribution in [3.8, 4) is 0 Å². The van der Waals surface area contributed by atoms with Gasteiger partial charge < -0.3 is 15.2 Å². The summed E-state index contributed by atoms with van der Waals surface area (Å²) in [6.45, 7) is 2.35. The Morgan fingerprint density at radius 2 is 1.68 bits per heavy atom. The van der Waals surface area contributed by atoms with Crippen molar-refractivity contribution >= 4 is 11.8 Å². The number of carbonyl (C=O) groups is 2. The van der Waals surface area contributed by atoms with E-state index in [1.807, 2.05) is 0 Å². The molecule has 1 aromatic heterocycles. The van der Waals surface area contributed by atoms with Gasteiger partial charge in [-0.15, -0.1) is 0 Å². The van der Waals surface area contributed by atoms with Crippen molar-refractivity contribution in [2.45, 2.75) is 95.9 Å². The van der Waals surface area contributed by atoms with Crippen molar-refractivity contribution in [1.29, 1.82) is 0 Å². The van der Waals surface area contributed by atoms with Crippen molar-refractivity contribution in [3.63, 3.8) is 0 Å². The molecule has 1 aromatic rings. The fourth-order valence-electron chi connectivity index (χ4n) is 7.41. The number of hydrogen-bond acceptors (Lipinski definition) is 5. The second-order valence-electron chi connectivity index (χ2n) is 10.9. The third kappa shape index (κ3) is 4.12. The Morgan fingerprint density at radius 3 is 2.26 bits per heavy atom. The molecule has 0 atom stereocenters. The number of rotatable bonds is 7. The lowest BCUT2D eigenvalue weighted by molar-refractivity contribution is -0.146. The molecule has 5 fully saturated rings. The molecule has 5 saturated carbocycles. The van der Waals surface area contributed by atoms with E-state index in [1.165, 1.54) is 25.7 Å². The Kier molecular flexibility index (Phi) is 5.55. The van der Waals surface area contributed by atoms with Gasteiger partial charge >= 0.3 is 0 Å². The molecule has 5 aliphatic carbocycles. The lowest BCUT2D eigenvalue weighted by Crippen LogP contribution is -2.53. The first-order chi connectivity index (χ1) is 15.0. The largest absolute Gasteiger partial charge is 0.356 e. The van der Waals surface area contributed by atoms with E-state index in [-0.39, 0.29) is 17.2 Å². The fraction of sp³-hybridized carbons (Fsp3) is 0.833. The predicted octanol–water partition coefficient (Wildman–Crippen LogP) is 3.77. The monoisotopic (exact) mass is 428 g/mol. The topological polar surface area (TPSA) is 97.1 Å². The molecule has 0 aromatic carbocycles. The molecule has 0 aliphatic heterocycles. The first-order valence-electron chi connectivity index (χ1n) is 12.4. The minimum absolute atomic E-state index is 0.00778. The standard InChI is InChI=1S/C24H36N4O3/c1-16-26-21(28-31-16)24(7-3-2-4-8-24)27-20(29)6-5-9-25-22(30)23-13-17-10-18(14-23)12-19(11-17)15-23/h17-19H,2-15H2,1H3,(H,25,30)(H,27,29). The van der Waals surface area contributed by atoms with Gasteiger partial charge in [0.2, 0.25) is 17.7 Å². The average Bonchev–Trinajstić information content (AvgIpc) is 3.18. The summed E-state index contributed by atoms with van der Waals surface area (Å²) in [5.74, 6) is 3.69. The van der Waals surface area contributed by atoms with E-state index in [1.54, 1.807) is 6.92 Å². The van der Waals surface area contributed by atoms with E-state index >= 15 is 0 Å². The van der Waals surface area contributed by atoms with Gasteiger partial charge in [0.15, 0.2) is 5.82 Å². The van der Waals surface area contributed by atoms with Crippen LogP contribution in [0.4, 0.5) is 0 Å². The van der Waals surface area contributed by atoms with Crippen LogP contribution in [-0.2, 0) is 15.1 Å². The van der Waals surface area contributed by atoms with Crippen molar-refractivity contribution in [1.82, 2.24) is 20.8 Å². The molecule has 7 nitrogen and oxygen atoms in total. The fourth-order valence-corrected chi connectivity index (χ4v) is 7.41. The van der Waals surface area contributed by atoms with Crippen LogP contribution < -0.4 is 10.6 Å². The molecule has 2 amide bonds. The van der Waals surface area contributed by atoms with Crippen LogP contribution in [0, 0.1) is 30.1 Å². The van der Waals surface area contributed by atoms with E-state index in [2.05, 4.69) is 20.8 Å². The third-order valence-electron chi connectivity index (χ3n) is 8.43. The molecule has 4 bridgehead atoms. The molecule has 0 radical (unpaired) electrons. The van der Waals surface area contributed by atoms with Crippen molar-refractivity contribution < 1.29 is 14.1 Å². The maximum absolute atomic E-state index is 13.1. The molecule has 7 heteroatoms. The Hall–Kier alpha value is -1.92. The highest BCUT2D eigenvalue weighted by molar-refractivity contribution is 5.83. The zero-order valence-electron chi connectivity index (χ0n) is 18.8. The van der Waals surface area contributed by atoms with Crippen molar-refractivity contribution in [3.05, 3.63) is 11.7 Å². The number of nitrogens with one attached hydrogen (secondary N) is 2. The van der Waals surface area contributed by atoms with Gasteiger partial charge in [0.25, 0.3) is 0 Å². The van der Waals surface area contributed by atoms with Crippen LogP contribution in [0.15, 0.2) is 4.52 Å². The van der Waals surface area contributed by atoms with Gasteiger partial charge in [-0.2, -0.15) is 4.98 Å². The van der Waals surface area contributed by atoms with Gasteiger partial charge in [0, 0.05) is 25.3 Å². The smallest absolute Gasteiger partial charge is 0.226 e. The molecule has 5 aliphatic rings. The molecule has 6 rings (SSSR count). The second-order valence-corrected chi connectivity index (χ2v) is 10.9. The number of aromatic nitrogens is 2. The van der Waals surface area contributed by atoms with Gasteiger partial charge in [-0.3, -0.25) is 9.59 Å². The maximum Gasteiger partial charge on any atom is 0.226 e. The number of nitrogens with zero attached hydrogens (tertiary/aromatic N) is 2. The average molecular weight is 429 g/mol. The molecular formula is C24H36N4O3. The normalized spacial score (nSPS) is 33.3. The molecule has 31 heavy (non-hydrogen) atoms. The summed E-state index contributed by atoms with van der Waals surface area (Å²) in [7, 11) is 0. The summed E-state index contributed by atoms with van der Waals surface area (Å²) < 4.78 is 5.19. The summed E-state index contributed by atoms with van der Waals surface area (Å²) in [5.41, 5.74) is -0.616. The quantitative estimate of drug-likeness (QED) is 0.645. The number of hydrogen-bond donors (Lipinski definition) is 2. The second kappa shape index (κ2) is 8.21. The van der Waals surface area contributed by atoms with Crippen molar-refractivity contribution in [2.24, 2.45) is 23.2 Å². The molecule has 0 spiro atoms. The zero-order chi connectivity index (χ0) is 21.5. The van der Waals surface area contributed by atoms with E-state index in [9.17, 15) is 9.59 Å². The summed E-state index contributed by atoms with van der Waals surface area (Å²) in [4.78, 5) is 30.2. The Morgan fingerprint density at radius 1 is 1.03 bits per heavy atom. The lowest BCUT2D eigenvalue weighted by atomic mass is 9.49. The van der Waals surface area contributed by atoms with Gasteiger partial charge in [0.1, 0.15) is 5.54 Å². The molecule has 0 unspecified atom stereocenters. The van der Waals surface area contributed by atoms with E-state index in [0.29, 0.717) is 31.1 Å². The Bertz CT molecular complexity index is 791. The van der Waals surface area contributed by atoms with Gasteiger partial charge in [-0.05, 0) is 75.5 Å². The lowest BCUT2D eigenvalue weighted by Gasteiger charge is -2.55. The number of carbonyl (C=O) groups excluding carboxylic acids is 2. The summed E-state index contributed by atoms with van der Waals surface area (Å²) in [6.07, 6.45) is 13.3. The first kappa shape index (κ1) is 21.0. The van der Waals surface area contributed by atoms with E-state index < -0.39 is 5.54 Å². The van der Waals surface area contributed by atoms with Gasteiger partial charge in [-0.25, -0.2) is 0 Å². The number of amides is 2. The number of aryl methyl sites for hydroxylation is 1. The van der Waals surface area contributed by atoms with Crippen LogP contribution in [-0.4, -0.2) is 28.5 Å². The van der Waals surface area contributed by atoms with Crippen LogP contribution in [0.5, 0.6) is 0 Å². The van der Waals surface area contributed by atoms with Gasteiger partial charge in [-0.1, -0.05) is 24.4 Å². The molecule has 2 N–H and O–H groups in total. The summed E-state index contributed by atoms with van der Waals surface area (Å²) in [6, 6.07) is 0. The van der Waals surface area contributed by atoms with Crippen LogP contribution in [0.2, 0.25) is 0 Å². The molecule has 170 valence electrons. The van der Waals surface area contributed by atoms with E-state index in [0.717, 1.165) is 62.7 Å². The highest BCUT2D eigenvalue weighted by Crippen LogP contribution is 2.60. The minimum atomic E-state index is -0.504. The summed E-state index contributed by atoms with van der Waals surface area (Å²) >= 11 is 0. The van der Waals surface area contributed by atoms with Crippen molar-refractivity contribution in [2.75, 3.05) is 6.54 Å².